The highest BCUT2D eigenvalue weighted by molar-refractivity contribution is 5.21. The number of nitrogens with zero attached hydrogens (tertiary/aromatic N) is 3. The van der Waals surface area contributed by atoms with Crippen LogP contribution >= 0.6 is 0 Å². The quantitative estimate of drug-likeness (QED) is 0.689. The van der Waals surface area contributed by atoms with Crippen LogP contribution in [0.4, 0.5) is 0 Å². The second kappa shape index (κ2) is 3.32. The lowest BCUT2D eigenvalue weighted by Crippen LogP contribution is -1.99. The number of hydrogen-bond acceptors (Lipinski definition) is 4. The molecular weight excluding hydrogens is 168 g/mol. The summed E-state index contributed by atoms with van der Waals surface area (Å²) >= 11 is 0. The van der Waals surface area contributed by atoms with Crippen molar-refractivity contribution in [3.63, 3.8) is 0 Å². The lowest BCUT2D eigenvalue weighted by atomic mass is 10.1. The fourth-order valence-electron chi connectivity index (χ4n) is 1.05. The molecule has 0 aliphatic rings. The van der Waals surface area contributed by atoms with E-state index in [1.54, 1.807) is 24.8 Å². The molecule has 0 aliphatic heterocycles. The molecular formula is C8H8N4O. The molecule has 2 heterocycles. The zero-order chi connectivity index (χ0) is 9.10. The summed E-state index contributed by atoms with van der Waals surface area (Å²) in [6.45, 7) is 0. The van der Waals surface area contributed by atoms with E-state index in [9.17, 15) is 5.11 Å². The van der Waals surface area contributed by atoms with E-state index in [2.05, 4.69) is 20.2 Å². The molecule has 2 N–H and O–H groups in total. The highest BCUT2D eigenvalue weighted by Gasteiger charge is 2.10. The van der Waals surface area contributed by atoms with E-state index in [1.807, 2.05) is 0 Å². The average Bonchev–Trinajstić information content (AvgIpc) is 2.71. The molecule has 0 fully saturated rings. The normalized spacial score (nSPS) is 12.7. The SMILES string of the molecule is OC(c1cncnc1)c1cn[nH]c1. The Morgan fingerprint density at radius 2 is 1.92 bits per heavy atom. The van der Waals surface area contributed by atoms with Gasteiger partial charge in [-0.1, -0.05) is 0 Å². The van der Waals surface area contributed by atoms with Crippen LogP contribution in [0.5, 0.6) is 0 Å². The molecule has 0 saturated carbocycles. The Hall–Kier alpha value is -1.75. The minimum Gasteiger partial charge on any atom is -0.383 e. The summed E-state index contributed by atoms with van der Waals surface area (Å²) in [5.74, 6) is 0. The Labute approximate surface area is 74.5 Å². The van der Waals surface area contributed by atoms with Crippen molar-refractivity contribution in [2.45, 2.75) is 6.10 Å². The zero-order valence-corrected chi connectivity index (χ0v) is 6.75. The molecule has 2 rings (SSSR count). The van der Waals surface area contributed by atoms with Crippen LogP contribution in [-0.2, 0) is 0 Å². The molecule has 0 saturated heterocycles. The molecule has 0 aliphatic carbocycles. The van der Waals surface area contributed by atoms with Crippen molar-refractivity contribution in [3.05, 3.63) is 42.2 Å². The smallest absolute Gasteiger partial charge is 0.115 e. The van der Waals surface area contributed by atoms with E-state index < -0.39 is 6.10 Å². The maximum absolute atomic E-state index is 9.74. The largest absolute Gasteiger partial charge is 0.383 e. The van der Waals surface area contributed by atoms with Crippen molar-refractivity contribution in [2.75, 3.05) is 0 Å². The Morgan fingerprint density at radius 1 is 1.15 bits per heavy atom. The number of H-pyrrole nitrogens is 1. The second-order valence-electron chi connectivity index (χ2n) is 2.61. The number of aromatic nitrogens is 4. The van der Waals surface area contributed by atoms with Crippen LogP contribution < -0.4 is 0 Å². The molecule has 2 aromatic heterocycles. The highest BCUT2D eigenvalue weighted by Crippen LogP contribution is 2.18. The van der Waals surface area contributed by atoms with Gasteiger partial charge in [0.15, 0.2) is 0 Å². The van der Waals surface area contributed by atoms with Crippen LogP contribution in [-0.4, -0.2) is 25.3 Å². The van der Waals surface area contributed by atoms with Crippen LogP contribution in [0, 0.1) is 0 Å². The molecule has 0 radical (unpaired) electrons. The van der Waals surface area contributed by atoms with Crippen molar-refractivity contribution in [3.8, 4) is 0 Å². The Balaban J connectivity index is 2.29. The molecule has 13 heavy (non-hydrogen) atoms. The molecule has 0 aromatic carbocycles. The number of rotatable bonds is 2. The van der Waals surface area contributed by atoms with E-state index in [4.69, 9.17) is 0 Å². The van der Waals surface area contributed by atoms with E-state index in [0.717, 1.165) is 0 Å². The number of nitrogens with one attached hydrogen (secondary N) is 1. The fraction of sp³-hybridized carbons (Fsp3) is 0.125. The maximum atomic E-state index is 9.74. The minimum atomic E-state index is -0.708. The zero-order valence-electron chi connectivity index (χ0n) is 6.75. The van der Waals surface area contributed by atoms with Crippen LogP contribution in [0.2, 0.25) is 0 Å². The molecule has 1 atom stereocenters. The highest BCUT2D eigenvalue weighted by atomic mass is 16.3. The van der Waals surface area contributed by atoms with E-state index in [0.29, 0.717) is 11.1 Å². The third kappa shape index (κ3) is 1.54. The number of aliphatic hydroxyl groups is 1. The summed E-state index contributed by atoms with van der Waals surface area (Å²) in [6, 6.07) is 0. The van der Waals surface area contributed by atoms with E-state index in [1.165, 1.54) is 6.33 Å². The van der Waals surface area contributed by atoms with Crippen molar-refractivity contribution < 1.29 is 5.11 Å². The summed E-state index contributed by atoms with van der Waals surface area (Å²) in [5.41, 5.74) is 1.36. The molecule has 5 heteroatoms. The summed E-state index contributed by atoms with van der Waals surface area (Å²) in [6.07, 6.45) is 7.07. The standard InChI is InChI=1S/C8H8N4O/c13-8(7-3-11-12-4-7)6-1-9-5-10-2-6/h1-5,8,13H,(H,11,12). The van der Waals surface area contributed by atoms with E-state index >= 15 is 0 Å². The number of aromatic amines is 1. The van der Waals surface area contributed by atoms with Gasteiger partial charge in [0.1, 0.15) is 12.4 Å². The summed E-state index contributed by atoms with van der Waals surface area (Å²) in [7, 11) is 0. The van der Waals surface area contributed by atoms with Crippen molar-refractivity contribution >= 4 is 0 Å². The van der Waals surface area contributed by atoms with Gasteiger partial charge >= 0.3 is 0 Å². The molecule has 5 nitrogen and oxygen atoms in total. The summed E-state index contributed by atoms with van der Waals surface area (Å²) in [4.78, 5) is 7.63. The van der Waals surface area contributed by atoms with Gasteiger partial charge in [-0.05, 0) is 0 Å². The van der Waals surface area contributed by atoms with Crippen molar-refractivity contribution in [1.82, 2.24) is 20.2 Å². The van der Waals surface area contributed by atoms with Gasteiger partial charge < -0.3 is 5.11 Å². The fourth-order valence-corrected chi connectivity index (χ4v) is 1.05. The van der Waals surface area contributed by atoms with Crippen LogP contribution in [0.1, 0.15) is 17.2 Å². The predicted octanol–water partition coefficient (Wildman–Crippen LogP) is 0.281. The Bertz CT molecular complexity index is 359. The first kappa shape index (κ1) is 7.88. The molecule has 0 amide bonds. The van der Waals surface area contributed by atoms with Gasteiger partial charge in [0.25, 0.3) is 0 Å². The first-order chi connectivity index (χ1) is 6.38. The Kier molecular flexibility index (Phi) is 2.01. The van der Waals surface area contributed by atoms with Crippen molar-refractivity contribution in [2.24, 2.45) is 0 Å². The lowest BCUT2D eigenvalue weighted by molar-refractivity contribution is 0.219. The molecule has 0 spiro atoms. The van der Waals surface area contributed by atoms with Gasteiger partial charge in [-0.3, -0.25) is 5.10 Å². The van der Waals surface area contributed by atoms with Crippen LogP contribution in [0.15, 0.2) is 31.1 Å². The summed E-state index contributed by atoms with van der Waals surface area (Å²) in [5, 5.41) is 16.1. The lowest BCUT2D eigenvalue weighted by Gasteiger charge is -2.05. The monoisotopic (exact) mass is 176 g/mol. The molecule has 2 aromatic rings. The van der Waals surface area contributed by atoms with Crippen LogP contribution in [0.3, 0.4) is 0 Å². The van der Waals surface area contributed by atoms with Gasteiger partial charge in [-0.25, -0.2) is 9.97 Å². The van der Waals surface area contributed by atoms with Gasteiger partial charge in [0.05, 0.1) is 6.20 Å². The average molecular weight is 176 g/mol. The first-order valence-corrected chi connectivity index (χ1v) is 3.79. The topological polar surface area (TPSA) is 74.7 Å². The first-order valence-electron chi connectivity index (χ1n) is 3.79. The maximum Gasteiger partial charge on any atom is 0.115 e. The third-order valence-electron chi connectivity index (χ3n) is 1.73. The van der Waals surface area contributed by atoms with Crippen LogP contribution in [0.25, 0.3) is 0 Å². The van der Waals surface area contributed by atoms with E-state index in [-0.39, 0.29) is 0 Å². The third-order valence-corrected chi connectivity index (χ3v) is 1.73. The number of aliphatic hydroxyl groups excluding tert-OH is 1. The predicted molar refractivity (Wildman–Crippen MR) is 44.7 cm³/mol. The Morgan fingerprint density at radius 3 is 2.54 bits per heavy atom. The van der Waals surface area contributed by atoms with Gasteiger partial charge in [-0.2, -0.15) is 5.10 Å². The minimum absolute atomic E-state index is 0.656. The summed E-state index contributed by atoms with van der Waals surface area (Å²) < 4.78 is 0. The molecule has 0 bridgehead atoms. The number of hydrogen-bond donors (Lipinski definition) is 2. The van der Waals surface area contributed by atoms with Gasteiger partial charge in [-0.15, -0.1) is 0 Å². The second-order valence-corrected chi connectivity index (χ2v) is 2.61. The van der Waals surface area contributed by atoms with Gasteiger partial charge in [0, 0.05) is 29.7 Å². The molecule has 1 unspecified atom stereocenters. The molecule has 66 valence electrons. The van der Waals surface area contributed by atoms with Gasteiger partial charge in [0.2, 0.25) is 0 Å². The van der Waals surface area contributed by atoms with Crippen molar-refractivity contribution in [1.29, 1.82) is 0 Å².